The van der Waals surface area contributed by atoms with Crippen molar-refractivity contribution >= 4 is 5.78 Å². The van der Waals surface area contributed by atoms with Gasteiger partial charge in [0.1, 0.15) is 13.2 Å². The summed E-state index contributed by atoms with van der Waals surface area (Å²) in [7, 11) is 0. The highest BCUT2D eigenvalue weighted by Gasteiger charge is 2.59. The molecule has 4 aliphatic rings. The normalized spacial score (nSPS) is 46.6. The van der Waals surface area contributed by atoms with E-state index < -0.39 is 12.3 Å². The predicted octanol–water partition coefficient (Wildman–Crippen LogP) is 3.21. The molecule has 8 unspecified atom stereocenters. The average Bonchev–Trinajstić information content (AvgIpc) is 3.34. The van der Waals surface area contributed by atoms with Crippen LogP contribution in [0.5, 0.6) is 0 Å². The number of ketones is 1. The molecule has 7 heteroatoms. The van der Waals surface area contributed by atoms with Crippen molar-refractivity contribution in [2.75, 3.05) is 6.67 Å². The number of Topliss-reactive ketones (excluding diaryl/α,β-unsaturated/α-hetero) is 1. The molecule has 0 spiro atoms. The van der Waals surface area contributed by atoms with Gasteiger partial charge in [0.05, 0.1) is 5.60 Å². The van der Waals surface area contributed by atoms with Gasteiger partial charge < -0.3 is 5.11 Å². The number of rotatable bonds is 4. The van der Waals surface area contributed by atoms with Crippen molar-refractivity contribution < 1.29 is 14.3 Å². The first-order valence-electron chi connectivity index (χ1n) is 11.5. The number of tetrazole rings is 1. The first-order valence-corrected chi connectivity index (χ1v) is 11.5. The second-order valence-electron chi connectivity index (χ2n) is 10.6. The number of hydrogen-bond donors (Lipinski definition) is 1. The van der Waals surface area contributed by atoms with Gasteiger partial charge in [-0.2, -0.15) is 4.80 Å². The van der Waals surface area contributed by atoms with E-state index >= 15 is 0 Å². The lowest BCUT2D eigenvalue weighted by molar-refractivity contribution is -0.134. The fourth-order valence-electron chi connectivity index (χ4n) is 8.12. The molecule has 0 aromatic carbocycles. The zero-order chi connectivity index (χ0) is 20.2. The molecule has 0 radical (unpaired) electrons. The molecule has 0 aliphatic heterocycles. The molecular weight excluding hydrogens is 371 g/mol. The Kier molecular flexibility index (Phi) is 4.80. The largest absolute Gasteiger partial charge is 0.387 e. The number of halogens is 1. The van der Waals surface area contributed by atoms with Gasteiger partial charge >= 0.3 is 0 Å². The summed E-state index contributed by atoms with van der Waals surface area (Å²) in [5, 5.41) is 22.1. The van der Waals surface area contributed by atoms with E-state index in [0.717, 1.165) is 32.1 Å². The van der Waals surface area contributed by atoms with Crippen LogP contribution in [0.2, 0.25) is 0 Å². The van der Waals surface area contributed by atoms with Gasteiger partial charge in [0, 0.05) is 5.92 Å². The van der Waals surface area contributed by atoms with Crippen molar-refractivity contribution in [3.8, 4) is 0 Å². The average molecular weight is 405 g/mol. The minimum absolute atomic E-state index is 0.0833. The SMILES string of the molecule is CC12CCC3C4CCC(O)(CF)CC4CCC3C1CCC2C(=O)Cn1ncnn1. The summed E-state index contributed by atoms with van der Waals surface area (Å²) in [5.74, 6) is 3.47. The first-order chi connectivity index (χ1) is 13.9. The van der Waals surface area contributed by atoms with Gasteiger partial charge in [0.2, 0.25) is 0 Å². The number of nitrogens with zero attached hydrogens (tertiary/aromatic N) is 4. The van der Waals surface area contributed by atoms with Gasteiger partial charge in [0.15, 0.2) is 12.1 Å². The number of carbonyl (C=O) groups excluding carboxylic acids is 1. The van der Waals surface area contributed by atoms with Crippen LogP contribution in [0.1, 0.15) is 64.7 Å². The van der Waals surface area contributed by atoms with Crippen LogP contribution in [0, 0.1) is 40.9 Å². The third-order valence-corrected chi connectivity index (χ3v) is 9.43. The maximum absolute atomic E-state index is 13.3. The van der Waals surface area contributed by atoms with Gasteiger partial charge in [-0.15, -0.1) is 10.2 Å². The molecule has 1 heterocycles. The molecule has 4 fully saturated rings. The highest BCUT2D eigenvalue weighted by atomic mass is 19.1. The fourth-order valence-corrected chi connectivity index (χ4v) is 8.12. The highest BCUT2D eigenvalue weighted by Crippen LogP contribution is 2.64. The van der Waals surface area contributed by atoms with Crippen LogP contribution >= 0.6 is 0 Å². The molecule has 4 saturated carbocycles. The zero-order valence-electron chi connectivity index (χ0n) is 17.3. The summed E-state index contributed by atoms with van der Waals surface area (Å²) in [4.78, 5) is 14.5. The topological polar surface area (TPSA) is 80.9 Å². The van der Waals surface area contributed by atoms with Crippen LogP contribution < -0.4 is 0 Å². The molecule has 29 heavy (non-hydrogen) atoms. The smallest absolute Gasteiger partial charge is 0.162 e. The molecule has 1 aromatic heterocycles. The first kappa shape index (κ1) is 19.6. The minimum Gasteiger partial charge on any atom is -0.387 e. The number of alkyl halides is 1. The van der Waals surface area contributed by atoms with Crippen molar-refractivity contribution in [3.05, 3.63) is 6.33 Å². The lowest BCUT2D eigenvalue weighted by atomic mass is 9.49. The number of fused-ring (bicyclic) bond motifs is 5. The Morgan fingerprint density at radius 3 is 2.72 bits per heavy atom. The molecule has 0 amide bonds. The Balaban J connectivity index is 1.31. The van der Waals surface area contributed by atoms with Gasteiger partial charge in [0.25, 0.3) is 0 Å². The highest BCUT2D eigenvalue weighted by molar-refractivity contribution is 5.81. The molecular formula is C22H33FN4O2. The number of aliphatic hydroxyl groups is 1. The molecule has 6 nitrogen and oxygen atoms in total. The Morgan fingerprint density at radius 1 is 1.14 bits per heavy atom. The number of aromatic nitrogens is 4. The zero-order valence-corrected chi connectivity index (χ0v) is 17.3. The van der Waals surface area contributed by atoms with Crippen LogP contribution in [-0.2, 0) is 11.3 Å². The quantitative estimate of drug-likeness (QED) is 0.833. The van der Waals surface area contributed by atoms with Gasteiger partial charge in [-0.3, -0.25) is 4.79 Å². The predicted molar refractivity (Wildman–Crippen MR) is 104 cm³/mol. The number of carbonyl (C=O) groups is 1. The van der Waals surface area contributed by atoms with Crippen LogP contribution in [0.25, 0.3) is 0 Å². The lowest BCUT2D eigenvalue weighted by Crippen LogP contribution is -2.52. The van der Waals surface area contributed by atoms with Crippen LogP contribution in [0.3, 0.4) is 0 Å². The summed E-state index contributed by atoms with van der Waals surface area (Å²) in [6.45, 7) is 1.98. The van der Waals surface area contributed by atoms with E-state index in [1.807, 2.05) is 0 Å². The number of hydrogen-bond acceptors (Lipinski definition) is 5. The summed E-state index contributed by atoms with van der Waals surface area (Å²) in [6, 6.07) is 0. The maximum Gasteiger partial charge on any atom is 0.162 e. The van der Waals surface area contributed by atoms with E-state index in [1.165, 1.54) is 24.0 Å². The standard InChI is InChI=1S/C22H33FN4O2/c1-21-8-6-16-15-7-9-22(29,12-23)10-14(15)2-3-17(16)18(21)4-5-19(21)20(28)11-27-25-13-24-26-27/h13-19,29H,2-12H2,1H3. The molecule has 0 bridgehead atoms. The van der Waals surface area contributed by atoms with E-state index in [2.05, 4.69) is 22.3 Å². The van der Waals surface area contributed by atoms with E-state index in [9.17, 15) is 14.3 Å². The molecule has 4 aliphatic carbocycles. The van der Waals surface area contributed by atoms with Crippen molar-refractivity contribution in [1.82, 2.24) is 20.2 Å². The van der Waals surface area contributed by atoms with E-state index in [1.54, 1.807) is 0 Å². The second kappa shape index (κ2) is 7.10. The van der Waals surface area contributed by atoms with Crippen LogP contribution in [0.15, 0.2) is 6.33 Å². The van der Waals surface area contributed by atoms with Gasteiger partial charge in [-0.05, 0) is 98.0 Å². The Hall–Kier alpha value is -1.37. The van der Waals surface area contributed by atoms with Crippen molar-refractivity contribution in [2.24, 2.45) is 40.9 Å². The Labute approximate surface area is 171 Å². The van der Waals surface area contributed by atoms with Crippen LogP contribution in [0.4, 0.5) is 4.39 Å². The third-order valence-electron chi connectivity index (χ3n) is 9.43. The summed E-state index contributed by atoms with van der Waals surface area (Å²) < 4.78 is 13.3. The van der Waals surface area contributed by atoms with Gasteiger partial charge in [-0.25, -0.2) is 4.39 Å². The van der Waals surface area contributed by atoms with E-state index in [4.69, 9.17) is 0 Å². The third kappa shape index (κ3) is 3.15. The fraction of sp³-hybridized carbons (Fsp3) is 0.909. The van der Waals surface area contributed by atoms with Crippen LogP contribution in [-0.4, -0.2) is 43.4 Å². The summed E-state index contributed by atoms with van der Waals surface area (Å²) in [5.41, 5.74) is -0.989. The molecule has 160 valence electrons. The van der Waals surface area contributed by atoms with E-state index in [-0.39, 0.29) is 23.7 Å². The second-order valence-corrected chi connectivity index (χ2v) is 10.6. The summed E-state index contributed by atoms with van der Waals surface area (Å²) in [6.07, 6.45) is 10.3. The maximum atomic E-state index is 13.3. The van der Waals surface area contributed by atoms with E-state index in [0.29, 0.717) is 42.4 Å². The molecule has 8 atom stereocenters. The van der Waals surface area contributed by atoms with Crippen molar-refractivity contribution in [2.45, 2.75) is 76.9 Å². The minimum atomic E-state index is -1.07. The molecule has 1 N–H and O–H groups in total. The Morgan fingerprint density at radius 2 is 1.97 bits per heavy atom. The molecule has 5 rings (SSSR count). The van der Waals surface area contributed by atoms with Crippen molar-refractivity contribution in [3.63, 3.8) is 0 Å². The van der Waals surface area contributed by atoms with Crippen molar-refractivity contribution in [1.29, 1.82) is 0 Å². The molecule has 1 aromatic rings. The molecule has 0 saturated heterocycles. The monoisotopic (exact) mass is 404 g/mol. The lowest BCUT2D eigenvalue weighted by Gasteiger charge is -2.56. The Bertz CT molecular complexity index is 758. The van der Waals surface area contributed by atoms with Gasteiger partial charge in [-0.1, -0.05) is 6.92 Å². The summed E-state index contributed by atoms with van der Waals surface area (Å²) >= 11 is 0.